The number of rotatable bonds is 3. The van der Waals surface area contributed by atoms with Crippen LogP contribution in [0.15, 0.2) is 60.3 Å². The number of carbonyl (C=O) groups excluding carboxylic acids is 1. The molecule has 4 rings (SSSR count). The Bertz CT molecular complexity index is 914. The number of fused-ring (bicyclic) bond motifs is 2. The normalized spacial score (nSPS) is 13.7. The van der Waals surface area contributed by atoms with E-state index in [0.29, 0.717) is 0 Å². The minimum atomic E-state index is 0.837. The average Bonchev–Trinajstić information content (AvgIpc) is 3.06. The SMILES string of the molecule is Cn1cc(CC2=C(C=O)c3ccccc3C2)c2ccccc21. The van der Waals surface area contributed by atoms with Crippen LogP contribution in [0.1, 0.15) is 16.7 Å². The highest BCUT2D eigenvalue weighted by atomic mass is 16.1. The van der Waals surface area contributed by atoms with Gasteiger partial charge < -0.3 is 4.57 Å². The first-order valence-corrected chi connectivity index (χ1v) is 7.56. The van der Waals surface area contributed by atoms with Crippen molar-refractivity contribution >= 4 is 22.8 Å². The zero-order valence-corrected chi connectivity index (χ0v) is 12.5. The van der Waals surface area contributed by atoms with E-state index in [9.17, 15) is 4.79 Å². The van der Waals surface area contributed by atoms with E-state index in [1.165, 1.54) is 27.6 Å². The lowest BCUT2D eigenvalue weighted by Gasteiger charge is -2.02. The zero-order valence-electron chi connectivity index (χ0n) is 12.5. The van der Waals surface area contributed by atoms with Gasteiger partial charge in [-0.1, -0.05) is 48.0 Å². The van der Waals surface area contributed by atoms with Gasteiger partial charge in [0.05, 0.1) is 0 Å². The molecule has 0 saturated heterocycles. The number of aldehydes is 1. The number of benzene rings is 2. The van der Waals surface area contributed by atoms with Crippen LogP contribution in [-0.4, -0.2) is 10.9 Å². The van der Waals surface area contributed by atoms with Crippen LogP contribution in [-0.2, 0) is 24.7 Å². The van der Waals surface area contributed by atoms with Gasteiger partial charge in [0.15, 0.2) is 6.29 Å². The van der Waals surface area contributed by atoms with Gasteiger partial charge in [-0.05, 0) is 35.6 Å². The maximum atomic E-state index is 11.6. The first-order chi connectivity index (χ1) is 10.8. The van der Waals surface area contributed by atoms with Crippen LogP contribution in [0.25, 0.3) is 16.5 Å². The molecule has 1 aromatic heterocycles. The Morgan fingerprint density at radius 1 is 1.09 bits per heavy atom. The molecule has 0 aliphatic heterocycles. The fourth-order valence-electron chi connectivity index (χ4n) is 3.55. The van der Waals surface area contributed by atoms with Gasteiger partial charge in [0.2, 0.25) is 0 Å². The van der Waals surface area contributed by atoms with Crippen molar-refractivity contribution in [3.05, 3.63) is 77.0 Å². The van der Waals surface area contributed by atoms with Crippen molar-refractivity contribution in [1.82, 2.24) is 4.57 Å². The molecule has 22 heavy (non-hydrogen) atoms. The van der Waals surface area contributed by atoms with Gasteiger partial charge in [-0.2, -0.15) is 0 Å². The van der Waals surface area contributed by atoms with Crippen LogP contribution in [0, 0.1) is 0 Å². The molecule has 0 fully saturated rings. The maximum Gasteiger partial charge on any atom is 0.150 e. The fourth-order valence-corrected chi connectivity index (χ4v) is 3.55. The van der Waals surface area contributed by atoms with Gasteiger partial charge in [-0.15, -0.1) is 0 Å². The van der Waals surface area contributed by atoms with Gasteiger partial charge in [0.25, 0.3) is 0 Å². The molecular weight excluding hydrogens is 270 g/mol. The minimum absolute atomic E-state index is 0.837. The Balaban J connectivity index is 1.79. The highest BCUT2D eigenvalue weighted by Gasteiger charge is 2.21. The molecule has 0 bridgehead atoms. The van der Waals surface area contributed by atoms with Gasteiger partial charge in [0.1, 0.15) is 0 Å². The van der Waals surface area contributed by atoms with Crippen LogP contribution in [0.5, 0.6) is 0 Å². The van der Waals surface area contributed by atoms with Gasteiger partial charge in [0, 0.05) is 29.7 Å². The molecule has 0 N–H and O–H groups in total. The van der Waals surface area contributed by atoms with Crippen molar-refractivity contribution in [3.8, 4) is 0 Å². The van der Waals surface area contributed by atoms with Crippen LogP contribution < -0.4 is 0 Å². The summed E-state index contributed by atoms with van der Waals surface area (Å²) in [5, 5.41) is 1.28. The number of para-hydroxylation sites is 1. The molecule has 2 aromatic carbocycles. The predicted molar refractivity (Wildman–Crippen MR) is 89.8 cm³/mol. The van der Waals surface area contributed by atoms with Gasteiger partial charge in [-0.25, -0.2) is 0 Å². The lowest BCUT2D eigenvalue weighted by molar-refractivity contribution is -0.103. The monoisotopic (exact) mass is 287 g/mol. The molecule has 0 amide bonds. The third-order valence-electron chi connectivity index (χ3n) is 4.59. The number of nitrogens with zero attached hydrogens (tertiary/aromatic N) is 1. The van der Waals surface area contributed by atoms with Crippen molar-refractivity contribution < 1.29 is 4.79 Å². The number of aromatic nitrogens is 1. The summed E-state index contributed by atoms with van der Waals surface area (Å²) < 4.78 is 2.16. The second-order valence-electron chi connectivity index (χ2n) is 5.93. The smallest absolute Gasteiger partial charge is 0.150 e. The fraction of sp³-hybridized carbons (Fsp3) is 0.150. The number of hydrogen-bond acceptors (Lipinski definition) is 1. The van der Waals surface area contributed by atoms with Crippen LogP contribution in [0.4, 0.5) is 0 Å². The molecule has 0 unspecified atom stereocenters. The van der Waals surface area contributed by atoms with E-state index < -0.39 is 0 Å². The summed E-state index contributed by atoms with van der Waals surface area (Å²) >= 11 is 0. The summed E-state index contributed by atoms with van der Waals surface area (Å²) in [4.78, 5) is 11.6. The molecule has 0 atom stereocenters. The van der Waals surface area contributed by atoms with E-state index in [0.717, 1.165) is 30.3 Å². The topological polar surface area (TPSA) is 22.0 Å². The van der Waals surface area contributed by atoms with E-state index in [2.05, 4.69) is 54.2 Å². The molecule has 0 spiro atoms. The maximum absolute atomic E-state index is 11.6. The Hall–Kier alpha value is -2.61. The van der Waals surface area contributed by atoms with E-state index in [4.69, 9.17) is 0 Å². The first kappa shape index (κ1) is 13.1. The molecule has 1 aliphatic carbocycles. The Labute approximate surface area is 129 Å². The van der Waals surface area contributed by atoms with Crippen molar-refractivity contribution in [2.75, 3.05) is 0 Å². The Kier molecular flexibility index (Phi) is 2.97. The summed E-state index contributed by atoms with van der Waals surface area (Å²) in [6, 6.07) is 16.7. The highest BCUT2D eigenvalue weighted by Crippen LogP contribution is 2.34. The summed E-state index contributed by atoms with van der Waals surface area (Å²) in [5.41, 5.74) is 7.00. The molecule has 3 aromatic rings. The standard InChI is InChI=1S/C20H17NO/c1-21-12-16(18-8-4-5-9-20(18)21)11-15-10-14-6-2-3-7-17(14)19(15)13-22/h2-9,12-13H,10-11H2,1H3. The molecule has 1 aliphatic rings. The Morgan fingerprint density at radius 2 is 1.86 bits per heavy atom. The van der Waals surface area contributed by atoms with Crippen molar-refractivity contribution in [1.29, 1.82) is 0 Å². The number of carbonyl (C=O) groups is 1. The molecule has 2 heteroatoms. The van der Waals surface area contributed by atoms with E-state index in [1.807, 2.05) is 12.1 Å². The second kappa shape index (κ2) is 4.99. The second-order valence-corrected chi connectivity index (χ2v) is 5.93. The van der Waals surface area contributed by atoms with E-state index in [1.54, 1.807) is 0 Å². The molecule has 0 saturated carbocycles. The van der Waals surface area contributed by atoms with Crippen LogP contribution in [0.2, 0.25) is 0 Å². The lowest BCUT2D eigenvalue weighted by Crippen LogP contribution is -1.93. The quantitative estimate of drug-likeness (QED) is 0.669. The van der Waals surface area contributed by atoms with E-state index >= 15 is 0 Å². The molecule has 108 valence electrons. The minimum Gasteiger partial charge on any atom is -0.350 e. The summed E-state index contributed by atoms with van der Waals surface area (Å²) in [7, 11) is 2.07. The number of allylic oxidation sites excluding steroid dienone is 2. The third kappa shape index (κ3) is 1.92. The zero-order chi connectivity index (χ0) is 15.1. The molecule has 0 radical (unpaired) electrons. The summed E-state index contributed by atoms with van der Waals surface area (Å²) in [5.74, 6) is 0. The summed E-state index contributed by atoms with van der Waals surface area (Å²) in [6.07, 6.45) is 4.92. The lowest BCUT2D eigenvalue weighted by atomic mass is 10.0. The van der Waals surface area contributed by atoms with Crippen molar-refractivity contribution in [2.45, 2.75) is 12.8 Å². The third-order valence-corrected chi connectivity index (χ3v) is 4.59. The van der Waals surface area contributed by atoms with Gasteiger partial charge in [-0.3, -0.25) is 4.79 Å². The molecule has 1 heterocycles. The largest absolute Gasteiger partial charge is 0.350 e. The van der Waals surface area contributed by atoms with Gasteiger partial charge >= 0.3 is 0 Å². The number of hydrogen-bond donors (Lipinski definition) is 0. The summed E-state index contributed by atoms with van der Waals surface area (Å²) in [6.45, 7) is 0. The first-order valence-electron chi connectivity index (χ1n) is 7.56. The predicted octanol–water partition coefficient (Wildman–Crippen LogP) is 3.93. The number of aryl methyl sites for hydroxylation is 1. The van der Waals surface area contributed by atoms with E-state index in [-0.39, 0.29) is 0 Å². The van der Waals surface area contributed by atoms with Crippen molar-refractivity contribution in [3.63, 3.8) is 0 Å². The highest BCUT2D eigenvalue weighted by molar-refractivity contribution is 6.10. The van der Waals surface area contributed by atoms with Crippen LogP contribution >= 0.6 is 0 Å². The van der Waals surface area contributed by atoms with Crippen LogP contribution in [0.3, 0.4) is 0 Å². The Morgan fingerprint density at radius 3 is 2.73 bits per heavy atom. The molecule has 2 nitrogen and oxygen atoms in total. The average molecular weight is 287 g/mol. The molecular formula is C20H17NO. The van der Waals surface area contributed by atoms with Crippen molar-refractivity contribution in [2.24, 2.45) is 7.05 Å².